The lowest BCUT2D eigenvalue weighted by atomic mass is 9.96. The van der Waals surface area contributed by atoms with Crippen LogP contribution in [0.25, 0.3) is 0 Å². The Morgan fingerprint density at radius 1 is 0.868 bits per heavy atom. The van der Waals surface area contributed by atoms with Gasteiger partial charge in [-0.05, 0) is 119 Å². The molecule has 7 heteroatoms. The number of carbonyl (C=O) groups is 2. The average molecular weight is 519 g/mol. The minimum Gasteiger partial charge on any atom is -0.339 e. The van der Waals surface area contributed by atoms with Crippen molar-refractivity contribution < 1.29 is 14.8 Å². The van der Waals surface area contributed by atoms with Crippen molar-refractivity contribution in [2.75, 3.05) is 39.3 Å². The van der Waals surface area contributed by atoms with Crippen LogP contribution in [0.1, 0.15) is 82.7 Å². The van der Waals surface area contributed by atoms with Crippen molar-refractivity contribution in [3.63, 3.8) is 0 Å². The highest BCUT2D eigenvalue weighted by molar-refractivity contribution is 5.94. The Hall–Kier alpha value is -2.74. The number of hydrogen-bond donors (Lipinski definition) is 3. The van der Waals surface area contributed by atoms with E-state index < -0.39 is 5.91 Å². The van der Waals surface area contributed by atoms with E-state index in [1.54, 1.807) is 17.6 Å². The standard InChI is InChI=1S/C31H42N4O3/c36-30(33-38)26-8-6-23(7-9-26)5-4-16-34-19-14-24(15-20-34)22-32-29-21-28(29)25-10-12-27(13-11-25)31(37)35-17-2-1-3-18-35/h6-13,24,28-29,32,38H,1-5,14-22H2,(H,33,36). The fourth-order valence-corrected chi connectivity index (χ4v) is 6.07. The number of carbonyl (C=O) groups excluding carboxylic acids is 2. The molecule has 3 aliphatic rings. The molecular weight excluding hydrogens is 476 g/mol. The fourth-order valence-electron chi connectivity index (χ4n) is 6.07. The molecule has 0 spiro atoms. The van der Waals surface area contributed by atoms with Gasteiger partial charge in [0.2, 0.25) is 0 Å². The second-order valence-electron chi connectivity index (χ2n) is 11.4. The molecule has 2 aromatic rings. The summed E-state index contributed by atoms with van der Waals surface area (Å²) >= 11 is 0. The molecule has 0 aromatic heterocycles. The van der Waals surface area contributed by atoms with Gasteiger partial charge in [-0.15, -0.1) is 0 Å². The number of likely N-dealkylation sites (tertiary alicyclic amines) is 2. The van der Waals surface area contributed by atoms with Crippen LogP contribution in [0.4, 0.5) is 0 Å². The van der Waals surface area contributed by atoms with E-state index in [1.807, 2.05) is 29.2 Å². The zero-order valence-electron chi connectivity index (χ0n) is 22.4. The third-order valence-corrected chi connectivity index (χ3v) is 8.65. The van der Waals surface area contributed by atoms with Crippen LogP contribution in [-0.2, 0) is 6.42 Å². The van der Waals surface area contributed by atoms with E-state index in [0.717, 1.165) is 63.3 Å². The zero-order chi connectivity index (χ0) is 26.3. The van der Waals surface area contributed by atoms with Crippen LogP contribution in [0.2, 0.25) is 0 Å². The number of benzene rings is 2. The second-order valence-corrected chi connectivity index (χ2v) is 11.4. The van der Waals surface area contributed by atoms with Gasteiger partial charge in [0.15, 0.2) is 0 Å². The molecule has 5 rings (SSSR count). The molecule has 2 aromatic carbocycles. The molecule has 0 bridgehead atoms. The lowest BCUT2D eigenvalue weighted by molar-refractivity contribution is 0.0704. The number of amides is 2. The number of aryl methyl sites for hydroxylation is 1. The van der Waals surface area contributed by atoms with Gasteiger partial charge >= 0.3 is 0 Å². The van der Waals surface area contributed by atoms with Crippen molar-refractivity contribution in [1.82, 2.24) is 20.6 Å². The first-order chi connectivity index (χ1) is 18.6. The first kappa shape index (κ1) is 26.9. The van der Waals surface area contributed by atoms with Gasteiger partial charge in [-0.1, -0.05) is 24.3 Å². The highest BCUT2D eigenvalue weighted by Gasteiger charge is 2.38. The number of rotatable bonds is 10. The van der Waals surface area contributed by atoms with Crippen molar-refractivity contribution in [3.8, 4) is 0 Å². The van der Waals surface area contributed by atoms with Crippen molar-refractivity contribution in [2.45, 2.75) is 63.3 Å². The molecule has 1 aliphatic carbocycles. The third kappa shape index (κ3) is 7.01. The minimum atomic E-state index is -0.471. The van der Waals surface area contributed by atoms with Gasteiger partial charge in [-0.25, -0.2) is 5.48 Å². The molecule has 2 unspecified atom stereocenters. The molecule has 1 saturated carbocycles. The van der Waals surface area contributed by atoms with Crippen LogP contribution in [-0.4, -0.2) is 72.1 Å². The molecule has 2 atom stereocenters. The van der Waals surface area contributed by atoms with Crippen LogP contribution in [0.5, 0.6) is 0 Å². The van der Waals surface area contributed by atoms with Gasteiger partial charge in [0.05, 0.1) is 0 Å². The van der Waals surface area contributed by atoms with E-state index in [9.17, 15) is 9.59 Å². The van der Waals surface area contributed by atoms with Crippen molar-refractivity contribution >= 4 is 11.8 Å². The summed E-state index contributed by atoms with van der Waals surface area (Å²) in [6.07, 6.45) is 9.31. The van der Waals surface area contributed by atoms with Gasteiger partial charge in [-0.2, -0.15) is 0 Å². The van der Waals surface area contributed by atoms with Crippen LogP contribution in [0.3, 0.4) is 0 Å². The molecule has 38 heavy (non-hydrogen) atoms. The molecule has 2 amide bonds. The molecule has 204 valence electrons. The third-order valence-electron chi connectivity index (χ3n) is 8.65. The van der Waals surface area contributed by atoms with Crippen molar-refractivity contribution in [2.24, 2.45) is 5.92 Å². The van der Waals surface area contributed by atoms with Gasteiger partial charge in [0.1, 0.15) is 0 Å². The SMILES string of the molecule is O=C(NO)c1ccc(CCCN2CCC(CNC3CC3c3ccc(C(=O)N4CCCCC4)cc3)CC2)cc1. The molecule has 2 aliphatic heterocycles. The minimum absolute atomic E-state index is 0.191. The summed E-state index contributed by atoms with van der Waals surface area (Å²) in [4.78, 5) is 28.7. The molecule has 3 fully saturated rings. The maximum absolute atomic E-state index is 12.7. The smallest absolute Gasteiger partial charge is 0.274 e. The monoisotopic (exact) mass is 518 g/mol. The average Bonchev–Trinajstić information content (AvgIpc) is 3.76. The second kappa shape index (κ2) is 12.9. The summed E-state index contributed by atoms with van der Waals surface area (Å²) in [5.74, 6) is 1.06. The van der Waals surface area contributed by atoms with E-state index in [-0.39, 0.29) is 5.91 Å². The van der Waals surface area contributed by atoms with E-state index >= 15 is 0 Å². The van der Waals surface area contributed by atoms with Gasteiger partial charge in [0, 0.05) is 36.2 Å². The molecule has 7 nitrogen and oxygen atoms in total. The van der Waals surface area contributed by atoms with Gasteiger partial charge in [0.25, 0.3) is 11.8 Å². The van der Waals surface area contributed by atoms with E-state index in [0.29, 0.717) is 17.5 Å². The topological polar surface area (TPSA) is 84.9 Å². The number of piperidine rings is 2. The van der Waals surface area contributed by atoms with Crippen LogP contribution in [0, 0.1) is 5.92 Å². The number of hydroxylamine groups is 1. The number of hydrogen-bond acceptors (Lipinski definition) is 5. The molecular formula is C31H42N4O3. The first-order valence-electron chi connectivity index (χ1n) is 14.5. The van der Waals surface area contributed by atoms with E-state index in [2.05, 4.69) is 22.3 Å². The number of nitrogens with zero attached hydrogens (tertiary/aromatic N) is 2. The molecule has 2 saturated heterocycles. The Morgan fingerprint density at radius 3 is 2.24 bits per heavy atom. The predicted octanol–water partition coefficient (Wildman–Crippen LogP) is 4.22. The first-order valence-corrected chi connectivity index (χ1v) is 14.5. The quantitative estimate of drug-likeness (QED) is 0.324. The Balaban J connectivity index is 0.963. The maximum atomic E-state index is 12.7. The van der Waals surface area contributed by atoms with Crippen LogP contribution < -0.4 is 10.8 Å². The Morgan fingerprint density at radius 2 is 1.55 bits per heavy atom. The normalized spacial score (nSPS) is 22.3. The van der Waals surface area contributed by atoms with Crippen LogP contribution >= 0.6 is 0 Å². The van der Waals surface area contributed by atoms with E-state index in [4.69, 9.17) is 5.21 Å². The van der Waals surface area contributed by atoms with Crippen molar-refractivity contribution in [1.29, 1.82) is 0 Å². The van der Waals surface area contributed by atoms with Crippen LogP contribution in [0.15, 0.2) is 48.5 Å². The molecule has 2 heterocycles. The number of nitrogens with one attached hydrogen (secondary N) is 2. The lowest BCUT2D eigenvalue weighted by Crippen LogP contribution is -2.38. The summed E-state index contributed by atoms with van der Waals surface area (Å²) in [6.45, 7) is 6.36. The maximum Gasteiger partial charge on any atom is 0.274 e. The molecule has 0 radical (unpaired) electrons. The Labute approximate surface area is 226 Å². The predicted molar refractivity (Wildman–Crippen MR) is 149 cm³/mol. The van der Waals surface area contributed by atoms with E-state index in [1.165, 1.54) is 49.9 Å². The molecule has 3 N–H and O–H groups in total. The largest absolute Gasteiger partial charge is 0.339 e. The zero-order valence-corrected chi connectivity index (χ0v) is 22.4. The summed E-state index contributed by atoms with van der Waals surface area (Å²) in [7, 11) is 0. The Bertz CT molecular complexity index is 1060. The Kier molecular flexibility index (Phi) is 9.10. The van der Waals surface area contributed by atoms with Gasteiger partial charge in [-0.3, -0.25) is 14.8 Å². The highest BCUT2D eigenvalue weighted by atomic mass is 16.5. The summed E-state index contributed by atoms with van der Waals surface area (Å²) in [6, 6.07) is 16.4. The summed E-state index contributed by atoms with van der Waals surface area (Å²) in [5, 5.41) is 12.5. The summed E-state index contributed by atoms with van der Waals surface area (Å²) < 4.78 is 0. The lowest BCUT2D eigenvalue weighted by Gasteiger charge is -2.32. The van der Waals surface area contributed by atoms with Gasteiger partial charge < -0.3 is 15.1 Å². The highest BCUT2D eigenvalue weighted by Crippen LogP contribution is 2.41. The van der Waals surface area contributed by atoms with Crippen molar-refractivity contribution in [3.05, 3.63) is 70.8 Å². The summed E-state index contributed by atoms with van der Waals surface area (Å²) in [5.41, 5.74) is 5.56. The fraction of sp³-hybridized carbons (Fsp3) is 0.548.